The van der Waals surface area contributed by atoms with E-state index < -0.39 is 6.23 Å². The van der Waals surface area contributed by atoms with Crippen molar-refractivity contribution in [2.75, 3.05) is 6.54 Å². The van der Waals surface area contributed by atoms with Crippen LogP contribution in [0, 0.1) is 0 Å². The lowest BCUT2D eigenvalue weighted by atomic mass is 10.4. The van der Waals surface area contributed by atoms with Crippen LogP contribution in [0.25, 0.3) is 0 Å². The number of carbonyl (C=O) groups is 1. The van der Waals surface area contributed by atoms with Gasteiger partial charge in [-0.3, -0.25) is 9.80 Å². The first-order valence-electron chi connectivity index (χ1n) is 3.45. The number of aliphatic hydroxyl groups excluding tert-OH is 1. The molecule has 1 aliphatic heterocycles. The highest BCUT2D eigenvalue weighted by molar-refractivity contribution is 5.77. The average Bonchev–Trinajstić information content (AvgIpc) is 2.15. The average molecular weight is 144 g/mol. The van der Waals surface area contributed by atoms with Crippen LogP contribution < -0.4 is 5.43 Å². The summed E-state index contributed by atoms with van der Waals surface area (Å²) in [5.41, 5.74) is 2.63. The van der Waals surface area contributed by atoms with Gasteiger partial charge in [0.15, 0.2) is 0 Å². The van der Waals surface area contributed by atoms with Crippen molar-refractivity contribution in [2.45, 2.75) is 26.0 Å². The van der Waals surface area contributed by atoms with Crippen molar-refractivity contribution in [3.05, 3.63) is 0 Å². The summed E-state index contributed by atoms with van der Waals surface area (Å²) in [6.45, 7) is 2.30. The number of hydrazine groups is 1. The first-order chi connectivity index (χ1) is 4.70. The quantitative estimate of drug-likeness (QED) is 0.511. The second-order valence-electron chi connectivity index (χ2n) is 2.45. The van der Waals surface area contributed by atoms with E-state index in [4.69, 9.17) is 5.11 Å². The highest BCUT2D eigenvalue weighted by atomic mass is 16.3. The Balaban J connectivity index is 2.33. The second kappa shape index (κ2) is 2.98. The molecule has 1 atom stereocenters. The molecule has 2 N–H and O–H groups in total. The molecule has 0 aromatic rings. The van der Waals surface area contributed by atoms with Gasteiger partial charge < -0.3 is 5.11 Å². The fourth-order valence-corrected chi connectivity index (χ4v) is 1.01. The molecule has 0 radical (unpaired) electrons. The van der Waals surface area contributed by atoms with Crippen molar-refractivity contribution in [1.29, 1.82) is 0 Å². The molecule has 4 heteroatoms. The van der Waals surface area contributed by atoms with Gasteiger partial charge in [0, 0.05) is 13.0 Å². The van der Waals surface area contributed by atoms with Crippen molar-refractivity contribution in [1.82, 2.24) is 10.4 Å². The van der Waals surface area contributed by atoms with E-state index in [1.807, 2.05) is 0 Å². The highest BCUT2D eigenvalue weighted by Gasteiger charge is 2.20. The predicted octanol–water partition coefficient (Wildman–Crippen LogP) is -0.548. The molecule has 1 amide bonds. The largest absolute Gasteiger partial charge is 0.377 e. The zero-order valence-corrected chi connectivity index (χ0v) is 6.00. The minimum Gasteiger partial charge on any atom is -0.377 e. The van der Waals surface area contributed by atoms with Crippen LogP contribution in [-0.2, 0) is 4.79 Å². The molecule has 0 spiro atoms. The first kappa shape index (κ1) is 7.50. The van der Waals surface area contributed by atoms with Crippen LogP contribution in [0.5, 0.6) is 0 Å². The molecule has 0 bridgehead atoms. The van der Waals surface area contributed by atoms with Gasteiger partial charge in [-0.2, -0.15) is 0 Å². The van der Waals surface area contributed by atoms with E-state index in [-0.39, 0.29) is 5.91 Å². The molecule has 1 unspecified atom stereocenters. The van der Waals surface area contributed by atoms with Gasteiger partial charge in [0.1, 0.15) is 6.23 Å². The summed E-state index contributed by atoms with van der Waals surface area (Å²) in [7, 11) is 0. The lowest BCUT2D eigenvalue weighted by Gasteiger charge is -2.18. The van der Waals surface area contributed by atoms with Gasteiger partial charge in [-0.1, -0.05) is 0 Å². The van der Waals surface area contributed by atoms with Gasteiger partial charge in [-0.25, -0.2) is 5.43 Å². The molecule has 0 aliphatic carbocycles. The van der Waals surface area contributed by atoms with E-state index in [0.717, 1.165) is 6.42 Å². The number of hydrogen-bond donors (Lipinski definition) is 2. The van der Waals surface area contributed by atoms with Gasteiger partial charge in [0.05, 0.1) is 0 Å². The Morgan fingerprint density at radius 1 is 1.80 bits per heavy atom. The molecule has 0 aromatic heterocycles. The molecule has 0 saturated carbocycles. The Hall–Kier alpha value is -0.610. The standard InChI is InChI=1S/C6H12N2O2/c1-5(9)7-8-4-2-3-6(8)10/h5,7,9H,2-4H2,1H3. The Labute approximate surface area is 59.8 Å². The summed E-state index contributed by atoms with van der Waals surface area (Å²) in [6, 6.07) is 0. The van der Waals surface area contributed by atoms with Crippen molar-refractivity contribution in [3.8, 4) is 0 Å². The van der Waals surface area contributed by atoms with E-state index in [2.05, 4.69) is 5.43 Å². The zero-order valence-electron chi connectivity index (χ0n) is 6.00. The predicted molar refractivity (Wildman–Crippen MR) is 35.8 cm³/mol. The summed E-state index contributed by atoms with van der Waals surface area (Å²) >= 11 is 0. The Morgan fingerprint density at radius 2 is 2.50 bits per heavy atom. The van der Waals surface area contributed by atoms with Crippen molar-refractivity contribution >= 4 is 5.91 Å². The lowest BCUT2D eigenvalue weighted by Crippen LogP contribution is -2.43. The number of amides is 1. The number of rotatable bonds is 2. The van der Waals surface area contributed by atoms with Crippen LogP contribution in [0.1, 0.15) is 19.8 Å². The third-order valence-electron chi connectivity index (χ3n) is 1.42. The molecule has 1 saturated heterocycles. The Morgan fingerprint density at radius 3 is 2.90 bits per heavy atom. The van der Waals surface area contributed by atoms with Crippen molar-refractivity contribution < 1.29 is 9.90 Å². The molecule has 4 nitrogen and oxygen atoms in total. The second-order valence-corrected chi connectivity index (χ2v) is 2.45. The Bertz CT molecular complexity index is 136. The monoisotopic (exact) mass is 144 g/mol. The van der Waals surface area contributed by atoms with E-state index in [0.29, 0.717) is 13.0 Å². The first-order valence-corrected chi connectivity index (χ1v) is 3.45. The third-order valence-corrected chi connectivity index (χ3v) is 1.42. The van der Waals surface area contributed by atoms with Crippen LogP contribution in [0.3, 0.4) is 0 Å². The maximum atomic E-state index is 10.9. The highest BCUT2D eigenvalue weighted by Crippen LogP contribution is 2.05. The summed E-state index contributed by atoms with van der Waals surface area (Å²) in [5, 5.41) is 10.3. The third kappa shape index (κ3) is 1.68. The molecule has 1 aliphatic rings. The molecule has 1 heterocycles. The van der Waals surface area contributed by atoms with Crippen LogP contribution in [0.15, 0.2) is 0 Å². The van der Waals surface area contributed by atoms with Crippen LogP contribution in [-0.4, -0.2) is 28.8 Å². The van der Waals surface area contributed by atoms with Crippen molar-refractivity contribution in [2.24, 2.45) is 0 Å². The molecular formula is C6H12N2O2. The molecule has 58 valence electrons. The summed E-state index contributed by atoms with van der Waals surface area (Å²) in [5.74, 6) is 0.0703. The summed E-state index contributed by atoms with van der Waals surface area (Å²) < 4.78 is 0. The SMILES string of the molecule is CC(O)NN1CCCC1=O. The number of aliphatic hydroxyl groups is 1. The van der Waals surface area contributed by atoms with Gasteiger partial charge in [0.2, 0.25) is 5.91 Å². The molecule has 0 aromatic carbocycles. The van der Waals surface area contributed by atoms with E-state index in [1.54, 1.807) is 6.92 Å². The van der Waals surface area contributed by atoms with E-state index in [9.17, 15) is 4.79 Å². The minimum atomic E-state index is -0.637. The van der Waals surface area contributed by atoms with Gasteiger partial charge >= 0.3 is 0 Å². The Kier molecular flexibility index (Phi) is 2.24. The maximum absolute atomic E-state index is 10.9. The topological polar surface area (TPSA) is 52.6 Å². The number of carbonyl (C=O) groups excluding carboxylic acids is 1. The van der Waals surface area contributed by atoms with Crippen LogP contribution in [0.2, 0.25) is 0 Å². The normalized spacial score (nSPS) is 21.8. The number of hydrogen-bond acceptors (Lipinski definition) is 3. The van der Waals surface area contributed by atoms with Gasteiger partial charge in [-0.15, -0.1) is 0 Å². The smallest absolute Gasteiger partial charge is 0.236 e. The van der Waals surface area contributed by atoms with Gasteiger partial charge in [-0.05, 0) is 13.3 Å². The minimum absolute atomic E-state index is 0.0703. The lowest BCUT2D eigenvalue weighted by molar-refractivity contribution is -0.133. The maximum Gasteiger partial charge on any atom is 0.236 e. The van der Waals surface area contributed by atoms with Crippen LogP contribution >= 0.6 is 0 Å². The van der Waals surface area contributed by atoms with Crippen LogP contribution in [0.4, 0.5) is 0 Å². The molecule has 10 heavy (non-hydrogen) atoms. The molecule has 1 fully saturated rings. The summed E-state index contributed by atoms with van der Waals surface area (Å²) in [6.07, 6.45) is 0.847. The fraction of sp³-hybridized carbons (Fsp3) is 0.833. The van der Waals surface area contributed by atoms with E-state index >= 15 is 0 Å². The summed E-state index contributed by atoms with van der Waals surface area (Å²) in [4.78, 5) is 10.9. The fourth-order valence-electron chi connectivity index (χ4n) is 1.01. The molecular weight excluding hydrogens is 132 g/mol. The number of nitrogens with one attached hydrogen (secondary N) is 1. The number of nitrogens with zero attached hydrogens (tertiary/aromatic N) is 1. The van der Waals surface area contributed by atoms with Crippen molar-refractivity contribution in [3.63, 3.8) is 0 Å². The van der Waals surface area contributed by atoms with Gasteiger partial charge in [0.25, 0.3) is 0 Å². The van der Waals surface area contributed by atoms with E-state index in [1.165, 1.54) is 5.01 Å². The zero-order chi connectivity index (χ0) is 7.56. The molecule has 1 rings (SSSR count).